The van der Waals surface area contributed by atoms with E-state index in [0.29, 0.717) is 5.76 Å². The maximum Gasteiger partial charge on any atom is 0.206 e. The maximum absolute atomic E-state index is 11.7. The molecular formula is C9H11NO2. The van der Waals surface area contributed by atoms with E-state index in [4.69, 9.17) is 4.42 Å². The minimum Gasteiger partial charge on any atom is -0.461 e. The standard InChI is InChI=1S/C9H11NO2/c1-9(5-10-6-9)8(11)7-3-2-4-12-7/h2-4,10H,5-6H2,1H3. The number of carbonyl (C=O) groups excluding carboxylic acids is 1. The van der Waals surface area contributed by atoms with Gasteiger partial charge in [0, 0.05) is 13.1 Å². The van der Waals surface area contributed by atoms with Gasteiger partial charge in [0.25, 0.3) is 0 Å². The lowest BCUT2D eigenvalue weighted by atomic mass is 9.79. The van der Waals surface area contributed by atoms with Crippen LogP contribution in [0.4, 0.5) is 0 Å². The zero-order valence-corrected chi connectivity index (χ0v) is 6.96. The first-order valence-corrected chi connectivity index (χ1v) is 4.01. The highest BCUT2D eigenvalue weighted by atomic mass is 16.3. The van der Waals surface area contributed by atoms with Gasteiger partial charge in [-0.2, -0.15) is 0 Å². The molecule has 0 aliphatic carbocycles. The molecule has 2 heterocycles. The molecular weight excluding hydrogens is 154 g/mol. The molecule has 0 unspecified atom stereocenters. The Morgan fingerprint density at radius 1 is 1.67 bits per heavy atom. The van der Waals surface area contributed by atoms with Gasteiger partial charge in [-0.25, -0.2) is 0 Å². The maximum atomic E-state index is 11.7. The van der Waals surface area contributed by atoms with Gasteiger partial charge in [0.15, 0.2) is 5.76 Å². The van der Waals surface area contributed by atoms with Crippen LogP contribution in [-0.2, 0) is 0 Å². The van der Waals surface area contributed by atoms with Gasteiger partial charge in [0.05, 0.1) is 11.7 Å². The van der Waals surface area contributed by atoms with Gasteiger partial charge in [0.2, 0.25) is 5.78 Å². The normalized spacial score (nSPS) is 20.1. The first-order valence-electron chi connectivity index (χ1n) is 4.01. The van der Waals surface area contributed by atoms with E-state index < -0.39 is 0 Å². The third kappa shape index (κ3) is 0.975. The number of furan rings is 1. The Balaban J connectivity index is 2.20. The molecule has 1 aliphatic rings. The van der Waals surface area contributed by atoms with Crippen LogP contribution in [0.15, 0.2) is 22.8 Å². The Labute approximate surface area is 70.8 Å². The predicted octanol–water partition coefficient (Wildman–Crippen LogP) is 1.07. The monoisotopic (exact) mass is 165 g/mol. The Morgan fingerprint density at radius 3 is 2.83 bits per heavy atom. The molecule has 3 nitrogen and oxygen atoms in total. The molecule has 64 valence electrons. The predicted molar refractivity (Wildman–Crippen MR) is 44.0 cm³/mol. The first kappa shape index (κ1) is 7.55. The first-order chi connectivity index (χ1) is 5.72. The van der Waals surface area contributed by atoms with Crippen molar-refractivity contribution in [2.24, 2.45) is 5.41 Å². The van der Waals surface area contributed by atoms with Crippen molar-refractivity contribution in [3.63, 3.8) is 0 Å². The van der Waals surface area contributed by atoms with Crippen molar-refractivity contribution < 1.29 is 9.21 Å². The van der Waals surface area contributed by atoms with Gasteiger partial charge in [-0.3, -0.25) is 4.79 Å². The molecule has 0 bridgehead atoms. The van der Waals surface area contributed by atoms with E-state index in [1.54, 1.807) is 12.1 Å². The summed E-state index contributed by atoms with van der Waals surface area (Å²) in [4.78, 5) is 11.7. The van der Waals surface area contributed by atoms with Crippen molar-refractivity contribution in [2.45, 2.75) is 6.92 Å². The number of carbonyl (C=O) groups is 1. The largest absolute Gasteiger partial charge is 0.461 e. The van der Waals surface area contributed by atoms with Crippen molar-refractivity contribution in [1.82, 2.24) is 5.32 Å². The Bertz CT molecular complexity index is 285. The number of hydrogen-bond acceptors (Lipinski definition) is 3. The van der Waals surface area contributed by atoms with Gasteiger partial charge >= 0.3 is 0 Å². The van der Waals surface area contributed by atoms with Crippen LogP contribution in [0.1, 0.15) is 17.5 Å². The van der Waals surface area contributed by atoms with Crippen LogP contribution in [0.3, 0.4) is 0 Å². The number of hydrogen-bond donors (Lipinski definition) is 1. The fraction of sp³-hybridized carbons (Fsp3) is 0.444. The van der Waals surface area contributed by atoms with Gasteiger partial charge in [0.1, 0.15) is 0 Å². The molecule has 0 aromatic carbocycles. The van der Waals surface area contributed by atoms with Crippen molar-refractivity contribution in [1.29, 1.82) is 0 Å². The van der Waals surface area contributed by atoms with Crippen LogP contribution in [0.25, 0.3) is 0 Å². The summed E-state index contributed by atoms with van der Waals surface area (Å²) in [5, 5.41) is 3.08. The van der Waals surface area contributed by atoms with Crippen LogP contribution in [0.2, 0.25) is 0 Å². The molecule has 1 fully saturated rings. The fourth-order valence-electron chi connectivity index (χ4n) is 1.37. The molecule has 3 heteroatoms. The molecule has 1 aromatic rings. The van der Waals surface area contributed by atoms with Gasteiger partial charge < -0.3 is 9.73 Å². The van der Waals surface area contributed by atoms with Crippen molar-refractivity contribution in [2.75, 3.05) is 13.1 Å². The molecule has 12 heavy (non-hydrogen) atoms. The molecule has 0 spiro atoms. The summed E-state index contributed by atoms with van der Waals surface area (Å²) >= 11 is 0. The topological polar surface area (TPSA) is 42.2 Å². The van der Waals surface area contributed by atoms with Gasteiger partial charge in [-0.15, -0.1) is 0 Å². The molecule has 1 aliphatic heterocycles. The van der Waals surface area contributed by atoms with Crippen LogP contribution >= 0.6 is 0 Å². The van der Waals surface area contributed by atoms with Crippen molar-refractivity contribution in [3.8, 4) is 0 Å². The molecule has 0 amide bonds. The number of ketones is 1. The summed E-state index contributed by atoms with van der Waals surface area (Å²) in [6, 6.07) is 3.45. The lowest BCUT2D eigenvalue weighted by molar-refractivity contribution is 0.0690. The van der Waals surface area contributed by atoms with E-state index in [1.807, 2.05) is 6.92 Å². The minimum atomic E-state index is -0.238. The lowest BCUT2D eigenvalue weighted by Gasteiger charge is -2.36. The molecule has 1 aromatic heterocycles. The second-order valence-electron chi connectivity index (χ2n) is 3.47. The highest BCUT2D eigenvalue weighted by molar-refractivity contribution is 5.98. The summed E-state index contributed by atoms with van der Waals surface area (Å²) in [5.41, 5.74) is -0.238. The molecule has 1 saturated heterocycles. The summed E-state index contributed by atoms with van der Waals surface area (Å²) in [5.74, 6) is 0.574. The number of nitrogens with one attached hydrogen (secondary N) is 1. The molecule has 0 radical (unpaired) electrons. The Kier molecular flexibility index (Phi) is 1.54. The third-order valence-electron chi connectivity index (χ3n) is 2.32. The fourth-order valence-corrected chi connectivity index (χ4v) is 1.37. The van der Waals surface area contributed by atoms with Gasteiger partial charge in [-0.05, 0) is 19.1 Å². The molecule has 1 N–H and O–H groups in total. The van der Waals surface area contributed by atoms with E-state index >= 15 is 0 Å². The van der Waals surface area contributed by atoms with Crippen LogP contribution in [-0.4, -0.2) is 18.9 Å². The van der Waals surface area contributed by atoms with E-state index in [0.717, 1.165) is 13.1 Å². The number of rotatable bonds is 2. The summed E-state index contributed by atoms with van der Waals surface area (Å²) in [7, 11) is 0. The zero-order valence-electron chi connectivity index (χ0n) is 6.96. The second-order valence-corrected chi connectivity index (χ2v) is 3.47. The van der Waals surface area contributed by atoms with Crippen molar-refractivity contribution in [3.05, 3.63) is 24.2 Å². The van der Waals surface area contributed by atoms with Crippen LogP contribution in [0.5, 0.6) is 0 Å². The quantitative estimate of drug-likeness (QED) is 0.666. The smallest absolute Gasteiger partial charge is 0.206 e. The lowest BCUT2D eigenvalue weighted by Crippen LogP contribution is -2.56. The second kappa shape index (κ2) is 2.45. The van der Waals surface area contributed by atoms with Crippen molar-refractivity contribution >= 4 is 5.78 Å². The van der Waals surface area contributed by atoms with Crippen LogP contribution in [0, 0.1) is 5.41 Å². The van der Waals surface area contributed by atoms with E-state index in [2.05, 4.69) is 5.32 Å². The Morgan fingerprint density at radius 2 is 2.42 bits per heavy atom. The molecule has 2 rings (SSSR count). The summed E-state index contributed by atoms with van der Waals surface area (Å²) in [6.45, 7) is 3.47. The summed E-state index contributed by atoms with van der Waals surface area (Å²) < 4.78 is 5.04. The molecule has 0 atom stereocenters. The Hall–Kier alpha value is -1.09. The minimum absolute atomic E-state index is 0.103. The van der Waals surface area contributed by atoms with Crippen LogP contribution < -0.4 is 5.32 Å². The average molecular weight is 165 g/mol. The highest BCUT2D eigenvalue weighted by Gasteiger charge is 2.40. The number of Topliss-reactive ketones (excluding diaryl/α,β-unsaturated/α-hetero) is 1. The summed E-state index contributed by atoms with van der Waals surface area (Å²) in [6.07, 6.45) is 1.53. The van der Waals surface area contributed by atoms with Gasteiger partial charge in [-0.1, -0.05) is 0 Å². The van der Waals surface area contributed by atoms with E-state index in [1.165, 1.54) is 6.26 Å². The molecule has 0 saturated carbocycles. The van der Waals surface area contributed by atoms with E-state index in [9.17, 15) is 4.79 Å². The third-order valence-corrected chi connectivity index (χ3v) is 2.32. The average Bonchev–Trinajstić information content (AvgIpc) is 2.50. The highest BCUT2D eigenvalue weighted by Crippen LogP contribution is 2.26. The van der Waals surface area contributed by atoms with E-state index in [-0.39, 0.29) is 11.2 Å². The SMILES string of the molecule is CC1(C(=O)c2ccco2)CNC1. The zero-order chi connectivity index (χ0) is 8.60.